The number of amides is 1. The van der Waals surface area contributed by atoms with E-state index in [0.717, 1.165) is 17.7 Å². The zero-order valence-electron chi connectivity index (χ0n) is 18.1. The van der Waals surface area contributed by atoms with Crippen LogP contribution in [0.15, 0.2) is 60.8 Å². The molecule has 2 aromatic carbocycles. The van der Waals surface area contributed by atoms with E-state index in [4.69, 9.17) is 4.74 Å². The van der Waals surface area contributed by atoms with E-state index in [2.05, 4.69) is 15.3 Å². The lowest BCUT2D eigenvalue weighted by Crippen LogP contribution is -2.32. The fraction of sp³-hybridized carbons (Fsp3) is 0.292. The van der Waals surface area contributed by atoms with Gasteiger partial charge in [-0.2, -0.15) is 13.2 Å². The van der Waals surface area contributed by atoms with Crippen LogP contribution in [0.25, 0.3) is 0 Å². The van der Waals surface area contributed by atoms with Gasteiger partial charge in [-0.25, -0.2) is 9.97 Å². The van der Waals surface area contributed by atoms with Gasteiger partial charge in [-0.15, -0.1) is 0 Å². The second kappa shape index (κ2) is 10.4. The number of nitrogens with one attached hydrogen (secondary N) is 1. The molecule has 1 atom stereocenters. The third-order valence-electron chi connectivity index (χ3n) is 4.87. The van der Waals surface area contributed by atoms with Gasteiger partial charge in [-0.05, 0) is 23.3 Å². The number of aliphatic hydroxyl groups excluding tert-OH is 1. The Labute approximate surface area is 189 Å². The van der Waals surface area contributed by atoms with Crippen molar-refractivity contribution in [3.8, 4) is 5.75 Å². The Morgan fingerprint density at radius 2 is 1.76 bits per heavy atom. The lowest BCUT2D eigenvalue weighted by molar-refractivity contribution is -0.137. The molecule has 0 radical (unpaired) electrons. The number of carbonyl (C=O) groups is 1. The Bertz CT molecular complexity index is 1070. The first-order valence-electron chi connectivity index (χ1n) is 10.3. The topological polar surface area (TPSA) is 84.3 Å². The Morgan fingerprint density at radius 1 is 1.09 bits per heavy atom. The highest BCUT2D eigenvalue weighted by atomic mass is 19.4. The summed E-state index contributed by atoms with van der Waals surface area (Å²) >= 11 is 0. The van der Waals surface area contributed by atoms with Gasteiger partial charge < -0.3 is 15.2 Å². The van der Waals surface area contributed by atoms with Gasteiger partial charge in [0.25, 0.3) is 5.91 Å². The first kappa shape index (κ1) is 24.2. The van der Waals surface area contributed by atoms with E-state index in [1.807, 2.05) is 44.2 Å². The van der Waals surface area contributed by atoms with Gasteiger partial charge in [-0.3, -0.25) is 4.79 Å². The molecule has 1 amide bonds. The Morgan fingerprint density at radius 3 is 2.33 bits per heavy atom. The van der Waals surface area contributed by atoms with E-state index >= 15 is 0 Å². The molecular weight excluding hydrogens is 435 g/mol. The van der Waals surface area contributed by atoms with Crippen LogP contribution in [-0.2, 0) is 12.8 Å². The molecule has 0 saturated carbocycles. The lowest BCUT2D eigenvalue weighted by Gasteiger charge is -2.19. The Balaban J connectivity index is 1.83. The smallest absolute Gasteiger partial charge is 0.416 e. The number of halogens is 3. The van der Waals surface area contributed by atoms with E-state index in [-0.39, 0.29) is 24.0 Å². The van der Waals surface area contributed by atoms with Crippen molar-refractivity contribution < 1.29 is 27.8 Å². The molecule has 0 fully saturated rings. The summed E-state index contributed by atoms with van der Waals surface area (Å²) in [6, 6.07) is 12.7. The number of ether oxygens (including phenoxy) is 1. The third kappa shape index (κ3) is 6.29. The number of alkyl halides is 3. The molecule has 1 heterocycles. The molecule has 174 valence electrons. The van der Waals surface area contributed by atoms with Gasteiger partial charge in [0.1, 0.15) is 12.4 Å². The number of aliphatic hydroxyl groups is 1. The minimum atomic E-state index is -4.48. The number of nitrogens with zero attached hydrogens (tertiary/aromatic N) is 2. The van der Waals surface area contributed by atoms with Crippen LogP contribution in [0.5, 0.6) is 5.75 Å². The predicted molar refractivity (Wildman–Crippen MR) is 116 cm³/mol. The lowest BCUT2D eigenvalue weighted by atomic mass is 10.0. The molecule has 3 rings (SSSR count). The summed E-state index contributed by atoms with van der Waals surface area (Å²) in [4.78, 5) is 21.6. The summed E-state index contributed by atoms with van der Waals surface area (Å²) in [5.41, 5.74) is 0.372. The van der Waals surface area contributed by atoms with E-state index in [9.17, 15) is 23.1 Å². The summed E-state index contributed by atoms with van der Waals surface area (Å²) in [6.07, 6.45) is -3.05. The van der Waals surface area contributed by atoms with Crippen LogP contribution >= 0.6 is 0 Å². The van der Waals surface area contributed by atoms with E-state index in [0.29, 0.717) is 11.4 Å². The van der Waals surface area contributed by atoms with Gasteiger partial charge in [0.2, 0.25) is 0 Å². The SMILES string of the molecule is CC(C)c1ncc(OCc2ccccc2)c(C(=O)NC(CO)c2ccc(C(F)(F)F)cc2)n1. The maximum Gasteiger partial charge on any atom is 0.416 e. The largest absolute Gasteiger partial charge is 0.485 e. The molecule has 0 aliphatic rings. The van der Waals surface area contributed by atoms with Crippen molar-refractivity contribution in [3.63, 3.8) is 0 Å². The summed E-state index contributed by atoms with van der Waals surface area (Å²) < 4.78 is 44.3. The first-order chi connectivity index (χ1) is 15.7. The highest BCUT2D eigenvalue weighted by Crippen LogP contribution is 2.30. The molecule has 2 N–H and O–H groups in total. The van der Waals surface area contributed by atoms with Gasteiger partial charge >= 0.3 is 6.18 Å². The number of hydrogen-bond acceptors (Lipinski definition) is 5. The zero-order valence-corrected chi connectivity index (χ0v) is 18.1. The molecule has 33 heavy (non-hydrogen) atoms. The molecule has 9 heteroatoms. The first-order valence-corrected chi connectivity index (χ1v) is 10.3. The van der Waals surface area contributed by atoms with Crippen LogP contribution in [0, 0.1) is 0 Å². The van der Waals surface area contributed by atoms with Crippen LogP contribution in [0.3, 0.4) is 0 Å². The Kier molecular flexibility index (Phi) is 7.65. The molecule has 3 aromatic rings. The number of aromatic nitrogens is 2. The minimum absolute atomic E-state index is 0.0185. The van der Waals surface area contributed by atoms with Crippen molar-refractivity contribution >= 4 is 5.91 Å². The van der Waals surface area contributed by atoms with E-state index < -0.39 is 30.3 Å². The maximum atomic E-state index is 13.0. The predicted octanol–water partition coefficient (Wildman–Crippen LogP) is 4.66. The average Bonchev–Trinajstić information content (AvgIpc) is 2.81. The van der Waals surface area contributed by atoms with Crippen molar-refractivity contribution in [1.82, 2.24) is 15.3 Å². The summed E-state index contributed by atoms with van der Waals surface area (Å²) in [5.74, 6) is -0.100. The third-order valence-corrected chi connectivity index (χ3v) is 4.87. The fourth-order valence-electron chi connectivity index (χ4n) is 3.03. The minimum Gasteiger partial charge on any atom is -0.485 e. The van der Waals surface area contributed by atoms with Crippen molar-refractivity contribution in [3.05, 3.63) is 89.0 Å². The van der Waals surface area contributed by atoms with Crippen molar-refractivity contribution in [2.45, 2.75) is 38.6 Å². The van der Waals surface area contributed by atoms with Crippen LogP contribution in [0.4, 0.5) is 13.2 Å². The standard InChI is InChI=1S/C24H24F3N3O3/c1-15(2)22-28-12-20(33-14-16-6-4-3-5-7-16)21(30-22)23(32)29-19(13-31)17-8-10-18(11-9-17)24(25,26)27/h3-12,15,19,31H,13-14H2,1-2H3,(H,29,32). The second-order valence-electron chi connectivity index (χ2n) is 7.70. The normalized spacial score (nSPS) is 12.5. The van der Waals surface area contributed by atoms with E-state index in [1.54, 1.807) is 0 Å². The quantitative estimate of drug-likeness (QED) is 0.512. The molecular formula is C24H24F3N3O3. The van der Waals surface area contributed by atoms with Crippen molar-refractivity contribution in [2.75, 3.05) is 6.61 Å². The highest BCUT2D eigenvalue weighted by Gasteiger charge is 2.30. The molecule has 1 unspecified atom stereocenters. The number of rotatable bonds is 8. The summed E-state index contributed by atoms with van der Waals surface area (Å²) in [6.45, 7) is 3.42. The molecule has 0 aliphatic carbocycles. The Hall–Kier alpha value is -3.46. The summed E-state index contributed by atoms with van der Waals surface area (Å²) in [5, 5.41) is 12.4. The maximum absolute atomic E-state index is 13.0. The molecule has 0 spiro atoms. The molecule has 0 aliphatic heterocycles. The zero-order chi connectivity index (χ0) is 24.0. The van der Waals surface area contributed by atoms with Gasteiger partial charge in [-0.1, -0.05) is 56.3 Å². The van der Waals surface area contributed by atoms with Crippen LogP contribution in [-0.4, -0.2) is 27.6 Å². The average molecular weight is 459 g/mol. The van der Waals surface area contributed by atoms with Gasteiger partial charge in [0, 0.05) is 5.92 Å². The summed E-state index contributed by atoms with van der Waals surface area (Å²) in [7, 11) is 0. The van der Waals surface area contributed by atoms with Crippen LogP contribution in [0.1, 0.15) is 58.8 Å². The van der Waals surface area contributed by atoms with Crippen LogP contribution < -0.4 is 10.1 Å². The second-order valence-corrected chi connectivity index (χ2v) is 7.70. The molecule has 0 saturated heterocycles. The molecule has 6 nitrogen and oxygen atoms in total. The van der Waals surface area contributed by atoms with Gasteiger partial charge in [0.05, 0.1) is 24.4 Å². The fourth-order valence-corrected chi connectivity index (χ4v) is 3.03. The number of hydrogen-bond donors (Lipinski definition) is 2. The highest BCUT2D eigenvalue weighted by molar-refractivity contribution is 5.95. The monoisotopic (exact) mass is 459 g/mol. The molecule has 1 aromatic heterocycles. The van der Waals surface area contributed by atoms with Crippen LogP contribution in [0.2, 0.25) is 0 Å². The van der Waals surface area contributed by atoms with E-state index in [1.165, 1.54) is 18.3 Å². The van der Waals surface area contributed by atoms with Crippen molar-refractivity contribution in [2.24, 2.45) is 0 Å². The van der Waals surface area contributed by atoms with Gasteiger partial charge in [0.15, 0.2) is 11.4 Å². The molecule has 0 bridgehead atoms. The number of carbonyl (C=O) groups excluding carboxylic acids is 1. The number of benzene rings is 2. The van der Waals surface area contributed by atoms with Crippen molar-refractivity contribution in [1.29, 1.82) is 0 Å².